The van der Waals surface area contributed by atoms with E-state index in [0.717, 1.165) is 24.9 Å². The summed E-state index contributed by atoms with van der Waals surface area (Å²) >= 11 is 12.6. The number of ether oxygens (including phenoxy) is 1. The van der Waals surface area contributed by atoms with Crippen molar-refractivity contribution in [3.8, 4) is 5.75 Å². The van der Waals surface area contributed by atoms with Crippen LogP contribution in [0, 0.1) is 17.1 Å². The normalized spacial score (nSPS) is 17.0. The molecule has 0 aliphatic carbocycles. The molecular weight excluding hydrogens is 444 g/mol. The number of alkyl halides is 1. The Hall–Kier alpha value is -2.17. The van der Waals surface area contributed by atoms with E-state index in [1.165, 1.54) is 24.5 Å². The maximum Gasteiger partial charge on any atom is 0.346 e. The van der Waals surface area contributed by atoms with Crippen LogP contribution in [0.4, 0.5) is 10.1 Å². The lowest BCUT2D eigenvalue weighted by molar-refractivity contribution is -0.144. The molecule has 12 heteroatoms. The summed E-state index contributed by atoms with van der Waals surface area (Å²) in [4.78, 5) is 20.6. The minimum atomic E-state index is -0.864. The molecule has 0 saturated carbocycles. The Bertz CT molecular complexity index is 1010. The number of carbonyl (C=O) groups excluding carboxylic acids is 1. The predicted octanol–water partition coefficient (Wildman–Crippen LogP) is 3.19. The van der Waals surface area contributed by atoms with E-state index in [0.29, 0.717) is 10.7 Å². The molecule has 0 fully saturated rings. The van der Waals surface area contributed by atoms with Crippen LogP contribution in [0.1, 0.15) is 19.7 Å². The number of fused-ring (bicyclic) bond motifs is 1. The second kappa shape index (κ2) is 9.10. The lowest BCUT2D eigenvalue weighted by atomic mass is 10.1. The van der Waals surface area contributed by atoms with Gasteiger partial charge in [0.25, 0.3) is 0 Å². The second-order valence-electron chi connectivity index (χ2n) is 6.53. The molecule has 29 heavy (non-hydrogen) atoms. The van der Waals surface area contributed by atoms with Crippen LogP contribution in [0.3, 0.4) is 0 Å². The van der Waals surface area contributed by atoms with Gasteiger partial charge in [-0.25, -0.2) is 19.7 Å². The Balaban J connectivity index is 1.81. The second-order valence-corrected chi connectivity index (χ2v) is 7.94. The molecule has 0 spiro atoms. The van der Waals surface area contributed by atoms with Gasteiger partial charge in [-0.05, 0) is 18.9 Å². The summed E-state index contributed by atoms with van der Waals surface area (Å²) in [7, 11) is 0. The minimum absolute atomic E-state index is 0.0228. The summed E-state index contributed by atoms with van der Waals surface area (Å²) in [5.41, 5.74) is 2.19. The molecule has 0 saturated heterocycles. The van der Waals surface area contributed by atoms with E-state index in [-0.39, 0.29) is 28.2 Å². The summed E-state index contributed by atoms with van der Waals surface area (Å²) in [5.74, 6) is -0.419. The number of nitrogens with zero attached hydrogens (tertiary/aromatic N) is 3. The third-order valence-electron chi connectivity index (χ3n) is 4.11. The lowest BCUT2D eigenvalue weighted by Crippen LogP contribution is -2.37. The molecule has 0 amide bonds. The summed E-state index contributed by atoms with van der Waals surface area (Å²) < 4.78 is 26.4. The van der Waals surface area contributed by atoms with E-state index in [9.17, 15) is 9.18 Å². The van der Waals surface area contributed by atoms with E-state index >= 15 is 0 Å². The molecule has 2 atom stereocenters. The zero-order valence-corrected chi connectivity index (χ0v) is 17.9. The van der Waals surface area contributed by atoms with E-state index < -0.39 is 17.9 Å². The van der Waals surface area contributed by atoms with Crippen LogP contribution >= 0.6 is 34.7 Å². The largest absolute Gasteiger partial charge is 0.481 e. The molecule has 2 unspecified atom stereocenters. The average Bonchev–Trinajstić information content (AvgIpc) is 3.22. The van der Waals surface area contributed by atoms with Crippen molar-refractivity contribution in [3.63, 3.8) is 0 Å². The lowest BCUT2D eigenvalue weighted by Gasteiger charge is -2.17. The number of halogens is 3. The number of hydroxylamine groups is 1. The zero-order valence-electron chi connectivity index (χ0n) is 15.5. The fraction of sp³-hybridized carbons (Fsp3) is 0.412. The Morgan fingerprint density at radius 3 is 3.07 bits per heavy atom. The molecule has 8 nitrogen and oxygen atoms in total. The predicted molar refractivity (Wildman–Crippen MR) is 107 cm³/mol. The third-order valence-corrected chi connectivity index (χ3v) is 5.40. The molecule has 1 aromatic carbocycles. The van der Waals surface area contributed by atoms with E-state index in [4.69, 9.17) is 33.3 Å². The van der Waals surface area contributed by atoms with Gasteiger partial charge in [0.2, 0.25) is 4.80 Å². The van der Waals surface area contributed by atoms with Gasteiger partial charge in [0.15, 0.2) is 17.8 Å². The van der Waals surface area contributed by atoms with Crippen molar-refractivity contribution in [2.45, 2.75) is 32.9 Å². The number of nitrogens with one attached hydrogen (secondary N) is 2. The summed E-state index contributed by atoms with van der Waals surface area (Å²) in [6.45, 7) is 4.44. The molecule has 2 heterocycles. The van der Waals surface area contributed by atoms with Gasteiger partial charge in [-0.1, -0.05) is 18.5 Å². The third kappa shape index (κ3) is 5.06. The van der Waals surface area contributed by atoms with Crippen molar-refractivity contribution in [1.82, 2.24) is 14.4 Å². The quantitative estimate of drug-likeness (QED) is 0.308. The van der Waals surface area contributed by atoms with Gasteiger partial charge in [0.1, 0.15) is 23.1 Å². The molecule has 1 aromatic heterocycles. The van der Waals surface area contributed by atoms with Gasteiger partial charge in [-0.3, -0.25) is 5.41 Å². The van der Waals surface area contributed by atoms with Crippen molar-refractivity contribution in [2.75, 3.05) is 5.88 Å². The van der Waals surface area contributed by atoms with Crippen LogP contribution in [-0.2, 0) is 22.6 Å². The zero-order chi connectivity index (χ0) is 21.1. The number of aromatic nitrogens is 2. The molecule has 0 bridgehead atoms. The van der Waals surface area contributed by atoms with Gasteiger partial charge in [0.05, 0.1) is 5.02 Å². The highest BCUT2D eigenvalue weighted by molar-refractivity contribution is 7.02. The maximum absolute atomic E-state index is 14.4. The van der Waals surface area contributed by atoms with Crippen LogP contribution in [0.15, 0.2) is 17.1 Å². The van der Waals surface area contributed by atoms with Crippen LogP contribution in [0.2, 0.25) is 5.02 Å². The molecule has 1 aliphatic heterocycles. The smallest absolute Gasteiger partial charge is 0.346 e. The molecule has 3 rings (SSSR count). The SMILES string of the molecule is CC1Cc2ns/c(=N\c3cc(OC(C)C(=N)NOC(=O)CCl)c(Cl)cc3F)n2C1. The highest BCUT2D eigenvalue weighted by Crippen LogP contribution is 2.32. The standard InChI is InChI=1S/C17H18Cl2FN5O3S/c1-8-3-14-24-29-17(25(14)7-8)22-12-5-13(10(19)4-11(12)20)27-9(2)16(21)23-28-15(26)6-18/h4-5,8-9H,3,6-7H2,1-2H3,(H2,21,23)/b22-17-. The van der Waals surface area contributed by atoms with Crippen LogP contribution < -0.4 is 15.0 Å². The highest BCUT2D eigenvalue weighted by atomic mass is 35.5. The summed E-state index contributed by atoms with van der Waals surface area (Å²) in [5, 5.41) is 7.86. The highest BCUT2D eigenvalue weighted by Gasteiger charge is 2.21. The Kier molecular flexibility index (Phi) is 6.76. The Labute approximate surface area is 179 Å². The van der Waals surface area contributed by atoms with Crippen molar-refractivity contribution in [1.29, 1.82) is 5.41 Å². The first-order chi connectivity index (χ1) is 13.8. The van der Waals surface area contributed by atoms with Gasteiger partial charge >= 0.3 is 5.97 Å². The number of benzene rings is 1. The molecule has 156 valence electrons. The van der Waals surface area contributed by atoms with Crippen LogP contribution in [0.5, 0.6) is 5.75 Å². The van der Waals surface area contributed by atoms with Gasteiger partial charge in [0, 0.05) is 30.6 Å². The van der Waals surface area contributed by atoms with Gasteiger partial charge in [-0.2, -0.15) is 4.37 Å². The Morgan fingerprint density at radius 1 is 1.59 bits per heavy atom. The molecule has 1 aliphatic rings. The van der Waals surface area contributed by atoms with Crippen LogP contribution in [0.25, 0.3) is 0 Å². The summed E-state index contributed by atoms with van der Waals surface area (Å²) in [6.07, 6.45) is 0.00141. The first kappa shape index (κ1) is 21.5. The Morgan fingerprint density at radius 2 is 2.34 bits per heavy atom. The van der Waals surface area contributed by atoms with Gasteiger partial charge in [-0.15, -0.1) is 11.6 Å². The minimum Gasteiger partial charge on any atom is -0.481 e. The number of hydrogen-bond donors (Lipinski definition) is 2. The maximum atomic E-state index is 14.4. The van der Waals surface area contributed by atoms with Crippen molar-refractivity contribution >= 4 is 52.2 Å². The molecular formula is C17H18Cl2FN5O3S. The fourth-order valence-electron chi connectivity index (χ4n) is 2.67. The molecule has 0 radical (unpaired) electrons. The monoisotopic (exact) mass is 461 g/mol. The van der Waals surface area contributed by atoms with Crippen molar-refractivity contribution in [3.05, 3.63) is 33.6 Å². The first-order valence-electron chi connectivity index (χ1n) is 8.64. The number of amidine groups is 1. The van der Waals surface area contributed by atoms with Crippen molar-refractivity contribution in [2.24, 2.45) is 10.9 Å². The first-order valence-corrected chi connectivity index (χ1v) is 10.3. The molecule has 2 N–H and O–H groups in total. The average molecular weight is 462 g/mol. The number of rotatable bonds is 5. The summed E-state index contributed by atoms with van der Waals surface area (Å²) in [6, 6.07) is 2.46. The number of hydrogen-bond acceptors (Lipinski definition) is 7. The van der Waals surface area contributed by atoms with E-state index in [2.05, 4.69) is 26.6 Å². The number of carbonyl (C=O) groups is 1. The van der Waals surface area contributed by atoms with Gasteiger partial charge < -0.3 is 14.1 Å². The van der Waals surface area contributed by atoms with E-state index in [1.54, 1.807) is 0 Å². The molecule has 2 aromatic rings. The van der Waals surface area contributed by atoms with Crippen molar-refractivity contribution < 1.29 is 18.8 Å². The fourth-order valence-corrected chi connectivity index (χ4v) is 3.70. The van der Waals surface area contributed by atoms with E-state index in [1.807, 2.05) is 4.57 Å². The van der Waals surface area contributed by atoms with Crippen LogP contribution in [-0.4, -0.2) is 32.7 Å². The topological polar surface area (TPSA) is 102 Å².